The predicted molar refractivity (Wildman–Crippen MR) is 76.7 cm³/mol. The Kier molecular flexibility index (Phi) is 4.56. The molecule has 21 heavy (non-hydrogen) atoms. The number of carbonyl (C=O) groups is 1. The van der Waals surface area contributed by atoms with Gasteiger partial charge in [-0.3, -0.25) is 0 Å². The van der Waals surface area contributed by atoms with Gasteiger partial charge in [0.05, 0.1) is 5.56 Å². The summed E-state index contributed by atoms with van der Waals surface area (Å²) in [5, 5.41) is 9.01. The van der Waals surface area contributed by atoms with E-state index in [2.05, 4.69) is 9.71 Å². The number of rotatable bonds is 5. The summed E-state index contributed by atoms with van der Waals surface area (Å²) in [4.78, 5) is 14.3. The van der Waals surface area contributed by atoms with E-state index in [-0.39, 0.29) is 17.1 Å². The molecule has 110 valence electrons. The van der Waals surface area contributed by atoms with Crippen LogP contribution in [-0.4, -0.2) is 24.5 Å². The Labute approximate surface area is 126 Å². The Hall–Kier alpha value is -1.96. The summed E-state index contributed by atoms with van der Waals surface area (Å²) in [6, 6.07) is 9.10. The Morgan fingerprint density at radius 2 is 2.05 bits per heavy atom. The summed E-state index contributed by atoms with van der Waals surface area (Å²) in [5.41, 5.74) is 0.622. The molecule has 0 aliphatic carbocycles. The molecule has 0 spiro atoms. The molecule has 2 N–H and O–H groups in total. The van der Waals surface area contributed by atoms with Crippen molar-refractivity contribution in [3.63, 3.8) is 0 Å². The molecule has 0 aliphatic rings. The van der Waals surface area contributed by atoms with Crippen molar-refractivity contribution < 1.29 is 18.3 Å². The SMILES string of the molecule is O=C(O)c1ccc(S(=O)(=O)NCc2cccc(Cl)c2)nc1. The van der Waals surface area contributed by atoms with Crippen LogP contribution in [0.2, 0.25) is 5.02 Å². The number of hydrogen-bond acceptors (Lipinski definition) is 4. The van der Waals surface area contributed by atoms with E-state index in [0.29, 0.717) is 10.6 Å². The first-order valence-corrected chi connectivity index (χ1v) is 7.68. The highest BCUT2D eigenvalue weighted by molar-refractivity contribution is 7.89. The van der Waals surface area contributed by atoms with Gasteiger partial charge in [0.25, 0.3) is 10.0 Å². The average Bonchev–Trinajstić information content (AvgIpc) is 2.45. The van der Waals surface area contributed by atoms with Crippen LogP contribution in [0.4, 0.5) is 0 Å². The van der Waals surface area contributed by atoms with Crippen LogP contribution < -0.4 is 4.72 Å². The number of carboxylic acid groups (broad SMARTS) is 1. The fourth-order valence-corrected chi connectivity index (χ4v) is 2.72. The van der Waals surface area contributed by atoms with E-state index in [1.165, 1.54) is 6.07 Å². The van der Waals surface area contributed by atoms with E-state index >= 15 is 0 Å². The van der Waals surface area contributed by atoms with Crippen LogP contribution in [0, 0.1) is 0 Å². The number of halogens is 1. The molecule has 0 saturated carbocycles. The monoisotopic (exact) mass is 326 g/mol. The average molecular weight is 327 g/mol. The van der Waals surface area contributed by atoms with Crippen LogP contribution in [0.5, 0.6) is 0 Å². The van der Waals surface area contributed by atoms with Crippen molar-refractivity contribution in [3.05, 3.63) is 58.7 Å². The molecule has 0 bridgehead atoms. The van der Waals surface area contributed by atoms with Crippen molar-refractivity contribution in [1.82, 2.24) is 9.71 Å². The summed E-state index contributed by atoms with van der Waals surface area (Å²) < 4.78 is 26.4. The van der Waals surface area contributed by atoms with Crippen LogP contribution in [0.25, 0.3) is 0 Å². The second kappa shape index (κ2) is 6.21. The number of hydrogen-bond donors (Lipinski definition) is 2. The lowest BCUT2D eigenvalue weighted by molar-refractivity contribution is 0.0696. The lowest BCUT2D eigenvalue weighted by atomic mass is 10.2. The van der Waals surface area contributed by atoms with E-state index < -0.39 is 16.0 Å². The topological polar surface area (TPSA) is 96.4 Å². The first-order chi connectivity index (χ1) is 9.88. The number of aromatic nitrogens is 1. The van der Waals surface area contributed by atoms with Gasteiger partial charge in [-0.2, -0.15) is 0 Å². The molecule has 0 aliphatic heterocycles. The fourth-order valence-electron chi connectivity index (χ4n) is 1.56. The van der Waals surface area contributed by atoms with Gasteiger partial charge in [0.1, 0.15) is 0 Å². The van der Waals surface area contributed by atoms with Gasteiger partial charge in [-0.25, -0.2) is 22.9 Å². The molecule has 8 heteroatoms. The van der Waals surface area contributed by atoms with Crippen LogP contribution in [0.3, 0.4) is 0 Å². The van der Waals surface area contributed by atoms with Gasteiger partial charge in [-0.1, -0.05) is 23.7 Å². The highest BCUT2D eigenvalue weighted by atomic mass is 35.5. The normalized spacial score (nSPS) is 11.3. The van der Waals surface area contributed by atoms with Crippen molar-refractivity contribution in [2.75, 3.05) is 0 Å². The molecule has 0 atom stereocenters. The quantitative estimate of drug-likeness (QED) is 0.875. The molecule has 1 heterocycles. The number of aromatic carboxylic acids is 1. The van der Waals surface area contributed by atoms with Gasteiger partial charge in [0.2, 0.25) is 0 Å². The zero-order valence-electron chi connectivity index (χ0n) is 10.7. The molecule has 1 aromatic heterocycles. The van der Waals surface area contributed by atoms with Crippen molar-refractivity contribution >= 4 is 27.6 Å². The Bertz CT molecular complexity index is 760. The van der Waals surface area contributed by atoms with Crippen LogP contribution in [0.1, 0.15) is 15.9 Å². The van der Waals surface area contributed by atoms with Crippen molar-refractivity contribution in [3.8, 4) is 0 Å². The number of pyridine rings is 1. The molecule has 1 aromatic carbocycles. The molecule has 6 nitrogen and oxygen atoms in total. The lowest BCUT2D eigenvalue weighted by Gasteiger charge is -2.06. The maximum atomic E-state index is 12.0. The first kappa shape index (κ1) is 15.4. The second-order valence-corrected chi connectivity index (χ2v) is 6.29. The molecule has 0 radical (unpaired) electrons. The minimum Gasteiger partial charge on any atom is -0.478 e. The van der Waals surface area contributed by atoms with Crippen LogP contribution in [0.15, 0.2) is 47.6 Å². The second-order valence-electron chi connectivity index (χ2n) is 4.14. The molecule has 0 unspecified atom stereocenters. The number of nitrogens with zero attached hydrogens (tertiary/aromatic N) is 1. The van der Waals surface area contributed by atoms with E-state index in [1.54, 1.807) is 24.3 Å². The Balaban J connectivity index is 2.13. The van der Waals surface area contributed by atoms with Gasteiger partial charge in [0, 0.05) is 17.8 Å². The molecular weight excluding hydrogens is 316 g/mol. The predicted octanol–water partition coefficient (Wildman–Crippen LogP) is 1.91. The number of nitrogens with one attached hydrogen (secondary N) is 1. The third-order valence-corrected chi connectivity index (χ3v) is 4.17. The van der Waals surface area contributed by atoms with Crippen molar-refractivity contribution in [2.45, 2.75) is 11.6 Å². The zero-order chi connectivity index (χ0) is 15.5. The maximum Gasteiger partial charge on any atom is 0.337 e. The lowest BCUT2D eigenvalue weighted by Crippen LogP contribution is -2.24. The number of benzene rings is 1. The third-order valence-electron chi connectivity index (χ3n) is 2.61. The van der Waals surface area contributed by atoms with Crippen LogP contribution >= 0.6 is 11.6 Å². The van der Waals surface area contributed by atoms with Gasteiger partial charge >= 0.3 is 5.97 Å². The molecule has 0 fully saturated rings. The van der Waals surface area contributed by atoms with E-state index in [9.17, 15) is 13.2 Å². The molecular formula is C13H11ClN2O4S. The molecule has 2 aromatic rings. The minimum atomic E-state index is -3.81. The first-order valence-electron chi connectivity index (χ1n) is 5.82. The summed E-state index contributed by atoms with van der Waals surface area (Å²) >= 11 is 5.81. The summed E-state index contributed by atoms with van der Waals surface area (Å²) in [5.74, 6) is -1.17. The summed E-state index contributed by atoms with van der Waals surface area (Å²) in [6.45, 7) is 0.0608. The Morgan fingerprint density at radius 1 is 1.29 bits per heavy atom. The van der Waals surface area contributed by atoms with E-state index in [1.807, 2.05) is 0 Å². The van der Waals surface area contributed by atoms with Crippen molar-refractivity contribution in [2.24, 2.45) is 0 Å². The third kappa shape index (κ3) is 4.01. The van der Waals surface area contributed by atoms with Gasteiger partial charge in [0.15, 0.2) is 5.03 Å². The smallest absolute Gasteiger partial charge is 0.337 e. The molecule has 2 rings (SSSR count). The highest BCUT2D eigenvalue weighted by Crippen LogP contribution is 2.12. The van der Waals surface area contributed by atoms with E-state index in [4.69, 9.17) is 16.7 Å². The number of sulfonamides is 1. The van der Waals surface area contributed by atoms with Gasteiger partial charge < -0.3 is 5.11 Å². The van der Waals surface area contributed by atoms with Gasteiger partial charge in [-0.05, 0) is 29.8 Å². The van der Waals surface area contributed by atoms with Crippen LogP contribution in [-0.2, 0) is 16.6 Å². The maximum absolute atomic E-state index is 12.0. The van der Waals surface area contributed by atoms with E-state index in [0.717, 1.165) is 12.3 Å². The Morgan fingerprint density at radius 3 is 2.62 bits per heavy atom. The molecule has 0 saturated heterocycles. The number of carboxylic acids is 1. The largest absolute Gasteiger partial charge is 0.478 e. The highest BCUT2D eigenvalue weighted by Gasteiger charge is 2.16. The van der Waals surface area contributed by atoms with Gasteiger partial charge in [-0.15, -0.1) is 0 Å². The standard InChI is InChI=1S/C13H11ClN2O4S/c14-11-3-1-2-9(6-11)7-16-21(19,20)12-5-4-10(8-15-12)13(17)18/h1-6,8,16H,7H2,(H,17,18). The van der Waals surface area contributed by atoms with Crippen molar-refractivity contribution in [1.29, 1.82) is 0 Å². The zero-order valence-corrected chi connectivity index (χ0v) is 12.2. The minimum absolute atomic E-state index is 0.0608. The fraction of sp³-hybridized carbons (Fsp3) is 0.0769. The summed E-state index contributed by atoms with van der Waals surface area (Å²) in [7, 11) is -3.81. The molecule has 0 amide bonds. The summed E-state index contributed by atoms with van der Waals surface area (Å²) in [6.07, 6.45) is 0.996.